The third kappa shape index (κ3) is 3.63. The van der Waals surface area contributed by atoms with Gasteiger partial charge in [-0.15, -0.1) is 11.3 Å². The molecule has 0 bridgehead atoms. The van der Waals surface area contributed by atoms with Gasteiger partial charge in [0.05, 0.1) is 31.9 Å². The summed E-state index contributed by atoms with van der Waals surface area (Å²) < 4.78 is 5.25. The van der Waals surface area contributed by atoms with Crippen LogP contribution in [0.15, 0.2) is 0 Å². The maximum absolute atomic E-state index is 12.2. The summed E-state index contributed by atoms with van der Waals surface area (Å²) in [5.41, 5.74) is 1.02. The van der Waals surface area contributed by atoms with Gasteiger partial charge in [-0.25, -0.2) is 4.98 Å². The van der Waals surface area contributed by atoms with E-state index in [-0.39, 0.29) is 12.5 Å². The SMILES string of the molecule is O=C(O)CN1CCc2nc(CC(=O)N3CCOCC3)sc2C1. The fourth-order valence-electron chi connectivity index (χ4n) is 2.76. The summed E-state index contributed by atoms with van der Waals surface area (Å²) in [5, 5.41) is 9.70. The van der Waals surface area contributed by atoms with E-state index in [1.165, 1.54) is 11.3 Å². The van der Waals surface area contributed by atoms with Crippen LogP contribution in [0.5, 0.6) is 0 Å². The summed E-state index contributed by atoms with van der Waals surface area (Å²) in [7, 11) is 0. The summed E-state index contributed by atoms with van der Waals surface area (Å²) in [6, 6.07) is 0. The zero-order chi connectivity index (χ0) is 15.5. The van der Waals surface area contributed by atoms with Gasteiger partial charge in [0.25, 0.3) is 0 Å². The third-order valence-electron chi connectivity index (χ3n) is 3.88. The number of carboxylic acid groups (broad SMARTS) is 1. The maximum atomic E-state index is 12.2. The van der Waals surface area contributed by atoms with Crippen molar-refractivity contribution in [3.05, 3.63) is 15.6 Å². The minimum atomic E-state index is -0.810. The molecule has 2 aliphatic rings. The topological polar surface area (TPSA) is 83.0 Å². The van der Waals surface area contributed by atoms with Crippen LogP contribution in [-0.2, 0) is 33.7 Å². The number of rotatable bonds is 4. The minimum Gasteiger partial charge on any atom is -0.480 e. The van der Waals surface area contributed by atoms with Crippen LogP contribution in [0.1, 0.15) is 15.6 Å². The van der Waals surface area contributed by atoms with Gasteiger partial charge in [-0.05, 0) is 0 Å². The molecule has 1 amide bonds. The van der Waals surface area contributed by atoms with E-state index in [0.29, 0.717) is 45.8 Å². The quantitative estimate of drug-likeness (QED) is 0.838. The molecule has 0 aliphatic carbocycles. The Hall–Kier alpha value is -1.51. The molecule has 8 heteroatoms. The standard InChI is InChI=1S/C14H19N3O4S/c18-13(17-3-5-21-6-4-17)7-12-15-10-1-2-16(9-14(19)20)8-11(10)22-12/h1-9H2,(H,19,20). The Kier molecular flexibility index (Phi) is 4.70. The average molecular weight is 325 g/mol. The first kappa shape index (κ1) is 15.4. The molecule has 7 nitrogen and oxygen atoms in total. The Morgan fingerprint density at radius 1 is 1.27 bits per heavy atom. The van der Waals surface area contributed by atoms with E-state index in [9.17, 15) is 9.59 Å². The van der Waals surface area contributed by atoms with E-state index in [2.05, 4.69) is 4.98 Å². The van der Waals surface area contributed by atoms with Gasteiger partial charge >= 0.3 is 5.97 Å². The van der Waals surface area contributed by atoms with Crippen molar-refractivity contribution in [1.82, 2.24) is 14.8 Å². The van der Waals surface area contributed by atoms with Crippen LogP contribution in [0.2, 0.25) is 0 Å². The summed E-state index contributed by atoms with van der Waals surface area (Å²) in [4.78, 5) is 32.4. The second kappa shape index (κ2) is 6.72. The summed E-state index contributed by atoms with van der Waals surface area (Å²) >= 11 is 1.53. The van der Waals surface area contributed by atoms with Crippen LogP contribution in [0.4, 0.5) is 0 Å². The zero-order valence-corrected chi connectivity index (χ0v) is 13.1. The number of fused-ring (bicyclic) bond motifs is 1. The number of morpholine rings is 1. The van der Waals surface area contributed by atoms with Gasteiger partial charge < -0.3 is 14.7 Å². The van der Waals surface area contributed by atoms with Crippen molar-refractivity contribution in [2.45, 2.75) is 19.4 Å². The van der Waals surface area contributed by atoms with Gasteiger partial charge in [0.15, 0.2) is 0 Å². The fraction of sp³-hybridized carbons (Fsp3) is 0.643. The van der Waals surface area contributed by atoms with Crippen LogP contribution >= 0.6 is 11.3 Å². The van der Waals surface area contributed by atoms with E-state index in [1.54, 1.807) is 0 Å². The number of carbonyl (C=O) groups is 2. The summed E-state index contributed by atoms with van der Waals surface area (Å²) in [6.07, 6.45) is 1.08. The lowest BCUT2D eigenvalue weighted by molar-refractivity contribution is -0.138. The summed E-state index contributed by atoms with van der Waals surface area (Å²) in [5.74, 6) is -0.715. The van der Waals surface area contributed by atoms with Crippen LogP contribution in [0.3, 0.4) is 0 Å². The minimum absolute atomic E-state index is 0.0549. The Bertz CT molecular complexity index is 568. The van der Waals surface area contributed by atoms with Crippen LogP contribution in [-0.4, -0.2) is 71.2 Å². The van der Waals surface area contributed by atoms with Gasteiger partial charge in [-0.1, -0.05) is 0 Å². The van der Waals surface area contributed by atoms with Crippen molar-refractivity contribution in [3.8, 4) is 0 Å². The molecule has 1 aromatic rings. The monoisotopic (exact) mass is 325 g/mol. The number of ether oxygens (including phenoxy) is 1. The van der Waals surface area contributed by atoms with E-state index < -0.39 is 5.97 Å². The normalized spacial score (nSPS) is 19.0. The molecular weight excluding hydrogens is 306 g/mol. The highest BCUT2D eigenvalue weighted by molar-refractivity contribution is 7.11. The first-order valence-electron chi connectivity index (χ1n) is 7.39. The lowest BCUT2D eigenvalue weighted by Crippen LogP contribution is -2.41. The summed E-state index contributed by atoms with van der Waals surface area (Å²) in [6.45, 7) is 3.88. The highest BCUT2D eigenvalue weighted by atomic mass is 32.1. The second-order valence-corrected chi connectivity index (χ2v) is 6.67. The lowest BCUT2D eigenvalue weighted by atomic mass is 10.2. The molecule has 0 spiro atoms. The van der Waals surface area contributed by atoms with Crippen molar-refractivity contribution in [2.24, 2.45) is 0 Å². The van der Waals surface area contributed by atoms with Crippen molar-refractivity contribution in [2.75, 3.05) is 39.4 Å². The Morgan fingerprint density at radius 2 is 2.05 bits per heavy atom. The molecule has 3 heterocycles. The molecule has 0 radical (unpaired) electrons. The smallest absolute Gasteiger partial charge is 0.317 e. The van der Waals surface area contributed by atoms with E-state index in [4.69, 9.17) is 9.84 Å². The van der Waals surface area contributed by atoms with Crippen molar-refractivity contribution >= 4 is 23.2 Å². The molecule has 120 valence electrons. The Morgan fingerprint density at radius 3 is 2.77 bits per heavy atom. The number of hydrogen-bond donors (Lipinski definition) is 1. The average Bonchev–Trinajstić information content (AvgIpc) is 2.89. The van der Waals surface area contributed by atoms with Crippen LogP contribution in [0, 0.1) is 0 Å². The number of carboxylic acids is 1. The van der Waals surface area contributed by atoms with E-state index >= 15 is 0 Å². The number of amides is 1. The van der Waals surface area contributed by atoms with Crippen molar-refractivity contribution in [3.63, 3.8) is 0 Å². The Labute approximate surface area is 132 Å². The van der Waals surface area contributed by atoms with Crippen LogP contribution in [0.25, 0.3) is 0 Å². The van der Waals surface area contributed by atoms with E-state index in [0.717, 1.165) is 22.0 Å². The number of hydrogen-bond acceptors (Lipinski definition) is 6. The molecule has 1 fully saturated rings. The number of carbonyl (C=O) groups excluding carboxylic acids is 1. The molecule has 0 unspecified atom stereocenters. The van der Waals surface area contributed by atoms with Gasteiger partial charge in [-0.3, -0.25) is 14.5 Å². The van der Waals surface area contributed by atoms with Crippen molar-refractivity contribution < 1.29 is 19.4 Å². The molecule has 1 aromatic heterocycles. The number of thiazole rings is 1. The molecular formula is C14H19N3O4S. The van der Waals surface area contributed by atoms with Gasteiger partial charge in [-0.2, -0.15) is 0 Å². The molecule has 1 N–H and O–H groups in total. The first-order valence-corrected chi connectivity index (χ1v) is 8.20. The third-order valence-corrected chi connectivity index (χ3v) is 4.96. The Balaban J connectivity index is 1.61. The predicted octanol–water partition coefficient (Wildman–Crippen LogP) is -0.0129. The second-order valence-electron chi connectivity index (χ2n) is 5.50. The molecule has 0 atom stereocenters. The lowest BCUT2D eigenvalue weighted by Gasteiger charge is -2.26. The van der Waals surface area contributed by atoms with E-state index in [1.807, 2.05) is 9.80 Å². The predicted molar refractivity (Wildman–Crippen MR) is 79.8 cm³/mol. The first-order chi connectivity index (χ1) is 10.6. The highest BCUT2D eigenvalue weighted by Gasteiger charge is 2.24. The van der Waals surface area contributed by atoms with Crippen LogP contribution < -0.4 is 0 Å². The maximum Gasteiger partial charge on any atom is 0.317 e. The molecule has 2 aliphatic heterocycles. The van der Waals surface area contributed by atoms with Gasteiger partial charge in [0.1, 0.15) is 5.01 Å². The van der Waals surface area contributed by atoms with Crippen molar-refractivity contribution in [1.29, 1.82) is 0 Å². The number of nitrogens with zero attached hydrogens (tertiary/aromatic N) is 3. The molecule has 3 rings (SSSR count). The zero-order valence-electron chi connectivity index (χ0n) is 12.3. The highest BCUT2D eigenvalue weighted by Crippen LogP contribution is 2.25. The molecule has 0 aromatic carbocycles. The number of aliphatic carboxylic acids is 1. The molecule has 22 heavy (non-hydrogen) atoms. The van der Waals surface area contributed by atoms with Gasteiger partial charge in [0.2, 0.25) is 5.91 Å². The molecule has 0 saturated carbocycles. The largest absolute Gasteiger partial charge is 0.480 e. The molecule has 1 saturated heterocycles. The fourth-order valence-corrected chi connectivity index (χ4v) is 3.91. The number of aromatic nitrogens is 1. The van der Waals surface area contributed by atoms with Gasteiger partial charge in [0, 0.05) is 37.5 Å².